The number of nitrogens with one attached hydrogen (secondary N) is 1. The van der Waals surface area contributed by atoms with E-state index in [1.54, 1.807) is 0 Å². The van der Waals surface area contributed by atoms with Crippen molar-refractivity contribution in [1.82, 2.24) is 4.98 Å². The van der Waals surface area contributed by atoms with Gasteiger partial charge in [0.05, 0.1) is 6.61 Å². The lowest BCUT2D eigenvalue weighted by molar-refractivity contribution is 0.0991. The number of ether oxygens (including phenoxy) is 2. The van der Waals surface area contributed by atoms with Crippen molar-refractivity contribution < 1.29 is 9.47 Å². The zero-order valence-corrected chi connectivity index (χ0v) is 10.7. The van der Waals surface area contributed by atoms with Crippen LogP contribution in [-0.2, 0) is 4.74 Å². The largest absolute Gasteiger partial charge is 0.475 e. The minimum atomic E-state index is 0.546. The molecule has 1 aromatic rings. The molecular formula is C13H22N2O2. The van der Waals surface area contributed by atoms with Crippen LogP contribution in [0, 0.1) is 0 Å². The predicted molar refractivity (Wildman–Crippen MR) is 69.6 cm³/mol. The molecule has 0 aromatic carbocycles. The van der Waals surface area contributed by atoms with Crippen LogP contribution in [0.15, 0.2) is 18.2 Å². The Hall–Kier alpha value is -1.29. The summed E-state index contributed by atoms with van der Waals surface area (Å²) in [4.78, 5) is 4.34. The second-order valence-corrected chi connectivity index (χ2v) is 3.75. The first kappa shape index (κ1) is 13.8. The Morgan fingerprint density at radius 3 is 2.76 bits per heavy atom. The molecule has 0 aliphatic rings. The highest BCUT2D eigenvalue weighted by Crippen LogP contribution is 2.11. The first-order chi connectivity index (χ1) is 8.36. The quantitative estimate of drug-likeness (QED) is 0.672. The Kier molecular flexibility index (Phi) is 7.14. The van der Waals surface area contributed by atoms with Crippen LogP contribution in [0.4, 0.5) is 5.82 Å². The molecule has 0 bridgehead atoms. The van der Waals surface area contributed by atoms with Gasteiger partial charge >= 0.3 is 0 Å². The lowest BCUT2D eigenvalue weighted by Gasteiger charge is -2.08. The predicted octanol–water partition coefficient (Wildman–Crippen LogP) is 2.71. The lowest BCUT2D eigenvalue weighted by Crippen LogP contribution is -2.09. The molecule has 0 radical (unpaired) electrons. The first-order valence-electron chi connectivity index (χ1n) is 6.28. The average molecular weight is 238 g/mol. The molecule has 4 heteroatoms. The smallest absolute Gasteiger partial charge is 0.215 e. The van der Waals surface area contributed by atoms with Crippen LogP contribution in [0.5, 0.6) is 5.88 Å². The van der Waals surface area contributed by atoms with Crippen LogP contribution >= 0.6 is 0 Å². The Balaban J connectivity index is 2.27. The fourth-order valence-corrected chi connectivity index (χ4v) is 1.30. The third-order valence-electron chi connectivity index (χ3n) is 2.11. The van der Waals surface area contributed by atoms with E-state index in [2.05, 4.69) is 24.1 Å². The monoisotopic (exact) mass is 238 g/mol. The van der Waals surface area contributed by atoms with Crippen LogP contribution in [0.25, 0.3) is 0 Å². The molecule has 0 unspecified atom stereocenters. The number of aromatic nitrogens is 1. The Labute approximate surface area is 103 Å². The summed E-state index contributed by atoms with van der Waals surface area (Å²) in [6.45, 7) is 7.08. The summed E-state index contributed by atoms with van der Waals surface area (Å²) >= 11 is 0. The molecule has 0 aliphatic heterocycles. The molecule has 1 aromatic heterocycles. The summed E-state index contributed by atoms with van der Waals surface area (Å²) in [6, 6.07) is 5.74. The number of hydrogen-bond donors (Lipinski definition) is 1. The first-order valence-corrected chi connectivity index (χ1v) is 6.28. The van der Waals surface area contributed by atoms with Gasteiger partial charge in [-0.3, -0.25) is 0 Å². The van der Waals surface area contributed by atoms with Gasteiger partial charge in [0.2, 0.25) is 5.88 Å². The highest BCUT2D eigenvalue weighted by Gasteiger charge is 1.97. The van der Waals surface area contributed by atoms with Crippen molar-refractivity contribution in [2.75, 3.05) is 31.7 Å². The molecule has 0 spiro atoms. The van der Waals surface area contributed by atoms with E-state index in [0.29, 0.717) is 19.1 Å². The minimum absolute atomic E-state index is 0.546. The van der Waals surface area contributed by atoms with Crippen molar-refractivity contribution in [3.8, 4) is 5.88 Å². The number of anilines is 1. The van der Waals surface area contributed by atoms with E-state index >= 15 is 0 Å². The van der Waals surface area contributed by atoms with E-state index in [1.807, 2.05) is 18.2 Å². The van der Waals surface area contributed by atoms with Gasteiger partial charge in [-0.1, -0.05) is 19.9 Å². The Morgan fingerprint density at radius 2 is 2.00 bits per heavy atom. The molecular weight excluding hydrogens is 216 g/mol. The fourth-order valence-electron chi connectivity index (χ4n) is 1.30. The molecule has 0 aliphatic carbocycles. The van der Waals surface area contributed by atoms with Gasteiger partial charge in [-0.2, -0.15) is 4.98 Å². The Bertz CT molecular complexity index is 305. The summed E-state index contributed by atoms with van der Waals surface area (Å²) in [7, 11) is 0. The molecule has 0 saturated carbocycles. The molecule has 0 amide bonds. The molecule has 0 fully saturated rings. The van der Waals surface area contributed by atoms with Crippen molar-refractivity contribution >= 4 is 5.82 Å². The average Bonchev–Trinajstić information content (AvgIpc) is 2.37. The summed E-state index contributed by atoms with van der Waals surface area (Å²) < 4.78 is 10.8. The van der Waals surface area contributed by atoms with Gasteiger partial charge in [-0.15, -0.1) is 0 Å². The molecule has 1 rings (SSSR count). The van der Waals surface area contributed by atoms with Crippen LogP contribution in [0.2, 0.25) is 0 Å². The highest BCUT2D eigenvalue weighted by molar-refractivity contribution is 5.36. The normalized spacial score (nSPS) is 10.2. The van der Waals surface area contributed by atoms with Gasteiger partial charge < -0.3 is 14.8 Å². The number of hydrogen-bond acceptors (Lipinski definition) is 4. The molecule has 1 N–H and O–H groups in total. The van der Waals surface area contributed by atoms with Gasteiger partial charge in [0.15, 0.2) is 0 Å². The zero-order valence-electron chi connectivity index (χ0n) is 10.7. The molecule has 0 saturated heterocycles. The van der Waals surface area contributed by atoms with E-state index in [9.17, 15) is 0 Å². The van der Waals surface area contributed by atoms with Gasteiger partial charge in [-0.25, -0.2) is 0 Å². The van der Waals surface area contributed by atoms with E-state index in [1.165, 1.54) is 0 Å². The number of pyridine rings is 1. The highest BCUT2D eigenvalue weighted by atomic mass is 16.5. The Morgan fingerprint density at radius 1 is 1.12 bits per heavy atom. The fraction of sp³-hybridized carbons (Fsp3) is 0.615. The number of nitrogens with zero attached hydrogens (tertiary/aromatic N) is 1. The molecule has 17 heavy (non-hydrogen) atoms. The molecule has 0 atom stereocenters. The second kappa shape index (κ2) is 8.82. The summed E-state index contributed by atoms with van der Waals surface area (Å²) in [6.07, 6.45) is 2.12. The van der Waals surface area contributed by atoms with Gasteiger partial charge in [0, 0.05) is 19.2 Å². The van der Waals surface area contributed by atoms with E-state index in [-0.39, 0.29) is 0 Å². The van der Waals surface area contributed by atoms with Crippen LogP contribution < -0.4 is 10.1 Å². The van der Waals surface area contributed by atoms with Crippen molar-refractivity contribution in [1.29, 1.82) is 0 Å². The van der Waals surface area contributed by atoms with E-state index < -0.39 is 0 Å². The van der Waals surface area contributed by atoms with Crippen molar-refractivity contribution in [3.63, 3.8) is 0 Å². The van der Waals surface area contributed by atoms with Crippen LogP contribution in [0.3, 0.4) is 0 Å². The van der Waals surface area contributed by atoms with Gasteiger partial charge in [0.25, 0.3) is 0 Å². The van der Waals surface area contributed by atoms with Crippen LogP contribution in [0.1, 0.15) is 26.7 Å². The lowest BCUT2D eigenvalue weighted by atomic mass is 10.4. The standard InChI is InChI=1S/C13H22N2O2/c1-3-8-14-12-6-5-7-13(15-12)17-11-10-16-9-4-2/h5-7H,3-4,8-11H2,1-2H3,(H,14,15). The van der Waals surface area contributed by atoms with Crippen molar-refractivity contribution in [2.24, 2.45) is 0 Å². The molecule has 1 heterocycles. The number of rotatable bonds is 9. The van der Waals surface area contributed by atoms with Gasteiger partial charge in [0.1, 0.15) is 12.4 Å². The maximum atomic E-state index is 5.50. The third-order valence-corrected chi connectivity index (χ3v) is 2.11. The minimum Gasteiger partial charge on any atom is -0.475 e. The second-order valence-electron chi connectivity index (χ2n) is 3.75. The molecule has 96 valence electrons. The van der Waals surface area contributed by atoms with Crippen LogP contribution in [-0.4, -0.2) is 31.3 Å². The molecule has 4 nitrogen and oxygen atoms in total. The van der Waals surface area contributed by atoms with Gasteiger partial charge in [-0.05, 0) is 18.9 Å². The summed E-state index contributed by atoms with van der Waals surface area (Å²) in [5, 5.41) is 3.22. The maximum Gasteiger partial charge on any atom is 0.215 e. The maximum absolute atomic E-state index is 5.50. The summed E-state index contributed by atoms with van der Waals surface area (Å²) in [5.74, 6) is 1.50. The van der Waals surface area contributed by atoms with E-state index in [0.717, 1.165) is 31.8 Å². The SMILES string of the molecule is CCCNc1cccc(OCCOCCC)n1. The topological polar surface area (TPSA) is 43.4 Å². The summed E-state index contributed by atoms with van der Waals surface area (Å²) in [5.41, 5.74) is 0. The van der Waals surface area contributed by atoms with Crippen molar-refractivity contribution in [3.05, 3.63) is 18.2 Å². The van der Waals surface area contributed by atoms with E-state index in [4.69, 9.17) is 9.47 Å². The zero-order chi connectivity index (χ0) is 12.3. The third kappa shape index (κ3) is 6.12. The van der Waals surface area contributed by atoms with Crippen molar-refractivity contribution in [2.45, 2.75) is 26.7 Å².